The van der Waals surface area contributed by atoms with Gasteiger partial charge in [0.25, 0.3) is 0 Å². The summed E-state index contributed by atoms with van der Waals surface area (Å²) in [6.07, 6.45) is 2.05. The zero-order valence-corrected chi connectivity index (χ0v) is 19.5. The first-order valence-corrected chi connectivity index (χ1v) is 12.0. The number of benzene rings is 6. The summed E-state index contributed by atoms with van der Waals surface area (Å²) in [5, 5.41) is 7.36. The highest BCUT2D eigenvalue weighted by molar-refractivity contribution is 5.85. The van der Waals surface area contributed by atoms with E-state index >= 15 is 0 Å². The smallest absolute Gasteiger partial charge is 0.230 e. The van der Waals surface area contributed by atoms with E-state index in [2.05, 4.69) is 91.0 Å². The molecule has 0 bridgehead atoms. The van der Waals surface area contributed by atoms with Gasteiger partial charge in [0.1, 0.15) is 11.5 Å². The minimum Gasteiger partial charge on any atom is -0.457 e. The Balaban J connectivity index is 1.08. The first-order valence-electron chi connectivity index (χ1n) is 12.0. The van der Waals surface area contributed by atoms with Crippen molar-refractivity contribution < 1.29 is 9.47 Å². The molecule has 2 heteroatoms. The van der Waals surface area contributed by atoms with Gasteiger partial charge >= 0.3 is 0 Å². The minimum absolute atomic E-state index is 0.174. The molecular formula is C33H26O2. The molecule has 0 unspecified atom stereocenters. The van der Waals surface area contributed by atoms with Crippen LogP contribution >= 0.6 is 0 Å². The van der Waals surface area contributed by atoms with Crippen molar-refractivity contribution in [2.24, 2.45) is 0 Å². The summed E-state index contributed by atoms with van der Waals surface area (Å²) >= 11 is 0. The van der Waals surface area contributed by atoms with E-state index in [0.717, 1.165) is 29.7 Å². The van der Waals surface area contributed by atoms with Crippen LogP contribution in [-0.2, 0) is 12.8 Å². The van der Waals surface area contributed by atoms with Crippen molar-refractivity contribution in [1.29, 1.82) is 0 Å². The lowest BCUT2D eigenvalue weighted by Crippen LogP contribution is -2.05. The normalized spacial score (nSPS) is 11.2. The zero-order valence-electron chi connectivity index (χ0n) is 19.5. The molecule has 2 nitrogen and oxygen atoms in total. The maximum Gasteiger partial charge on any atom is 0.230 e. The summed E-state index contributed by atoms with van der Waals surface area (Å²) in [6, 6.07) is 42.5. The van der Waals surface area contributed by atoms with E-state index < -0.39 is 0 Å². The third-order valence-corrected chi connectivity index (χ3v) is 6.56. The number of fused-ring (bicyclic) bond motifs is 3. The third kappa shape index (κ3) is 4.83. The lowest BCUT2D eigenvalue weighted by Gasteiger charge is -2.11. The molecule has 0 amide bonds. The fraction of sp³-hybridized carbons (Fsp3) is 0.0909. The topological polar surface area (TPSA) is 18.5 Å². The van der Waals surface area contributed by atoms with Gasteiger partial charge in [0, 0.05) is 0 Å². The monoisotopic (exact) mass is 454 g/mol. The van der Waals surface area contributed by atoms with Crippen LogP contribution in [0.25, 0.3) is 32.3 Å². The first-order chi connectivity index (χ1) is 17.3. The Morgan fingerprint density at radius 1 is 0.371 bits per heavy atom. The van der Waals surface area contributed by atoms with E-state index in [4.69, 9.17) is 9.47 Å². The van der Waals surface area contributed by atoms with Crippen molar-refractivity contribution in [3.05, 3.63) is 132 Å². The molecule has 6 aromatic rings. The maximum atomic E-state index is 5.88. The van der Waals surface area contributed by atoms with E-state index in [1.165, 1.54) is 38.1 Å². The Morgan fingerprint density at radius 2 is 0.771 bits per heavy atom. The molecule has 0 aliphatic heterocycles. The van der Waals surface area contributed by atoms with E-state index in [0.29, 0.717) is 0 Å². The van der Waals surface area contributed by atoms with Crippen molar-refractivity contribution in [2.45, 2.75) is 12.8 Å². The molecule has 6 aromatic carbocycles. The quantitative estimate of drug-likeness (QED) is 0.226. The largest absolute Gasteiger partial charge is 0.457 e. The highest BCUT2D eigenvalue weighted by Gasteiger charge is 2.03. The second-order valence-electron chi connectivity index (χ2n) is 8.94. The van der Waals surface area contributed by atoms with Gasteiger partial charge in [-0.2, -0.15) is 0 Å². The van der Waals surface area contributed by atoms with Gasteiger partial charge in [-0.05, 0) is 80.6 Å². The SMILES string of the molecule is c1ccc2cc(CCc3ccc4cc(OCOc5ccc6ccccc6c5)ccc4c3)ccc2c1. The van der Waals surface area contributed by atoms with Crippen LogP contribution < -0.4 is 9.47 Å². The van der Waals surface area contributed by atoms with Gasteiger partial charge in [-0.3, -0.25) is 0 Å². The average molecular weight is 455 g/mol. The van der Waals surface area contributed by atoms with Crippen molar-refractivity contribution in [2.75, 3.05) is 6.79 Å². The van der Waals surface area contributed by atoms with Gasteiger partial charge in [-0.1, -0.05) is 97.1 Å². The van der Waals surface area contributed by atoms with Crippen LogP contribution in [0.5, 0.6) is 11.5 Å². The number of ether oxygens (including phenoxy) is 2. The summed E-state index contributed by atoms with van der Waals surface area (Å²) in [5.74, 6) is 1.61. The number of aryl methyl sites for hydroxylation is 2. The summed E-state index contributed by atoms with van der Waals surface area (Å²) in [6.45, 7) is 0.174. The molecule has 0 atom stereocenters. The molecule has 0 aliphatic rings. The predicted octanol–water partition coefficient (Wildman–Crippen LogP) is 8.35. The van der Waals surface area contributed by atoms with Gasteiger partial charge < -0.3 is 9.47 Å². The average Bonchev–Trinajstić information content (AvgIpc) is 2.91. The van der Waals surface area contributed by atoms with Gasteiger partial charge in [-0.25, -0.2) is 0 Å². The van der Waals surface area contributed by atoms with E-state index in [1.807, 2.05) is 30.3 Å². The van der Waals surface area contributed by atoms with Crippen LogP contribution in [0.4, 0.5) is 0 Å². The van der Waals surface area contributed by atoms with Crippen molar-refractivity contribution >= 4 is 32.3 Å². The molecule has 0 fully saturated rings. The Morgan fingerprint density at radius 3 is 1.37 bits per heavy atom. The Kier molecular flexibility index (Phi) is 5.78. The molecule has 0 aromatic heterocycles. The van der Waals surface area contributed by atoms with E-state index in [1.54, 1.807) is 0 Å². The standard InChI is InChI=1S/C33H26O2/c1-3-7-28-19-24(11-13-26(28)5-1)9-10-25-12-14-31-22-33(18-16-30(31)20-25)35-23-34-32-17-15-27-6-2-4-8-29(27)21-32/h1-8,11-22H,9-10,23H2. The van der Waals surface area contributed by atoms with E-state index in [9.17, 15) is 0 Å². The third-order valence-electron chi connectivity index (χ3n) is 6.56. The van der Waals surface area contributed by atoms with Crippen LogP contribution in [0.1, 0.15) is 11.1 Å². The molecule has 0 saturated heterocycles. The summed E-state index contributed by atoms with van der Waals surface area (Å²) in [7, 11) is 0. The number of hydrogen-bond acceptors (Lipinski definition) is 2. The van der Waals surface area contributed by atoms with Gasteiger partial charge in [0.15, 0.2) is 0 Å². The van der Waals surface area contributed by atoms with Crippen LogP contribution in [0.15, 0.2) is 121 Å². The predicted molar refractivity (Wildman–Crippen MR) is 145 cm³/mol. The number of rotatable bonds is 7. The molecule has 0 heterocycles. The summed E-state index contributed by atoms with van der Waals surface area (Å²) in [4.78, 5) is 0. The highest BCUT2D eigenvalue weighted by atomic mass is 16.7. The minimum atomic E-state index is 0.174. The molecule has 0 radical (unpaired) electrons. The second-order valence-corrected chi connectivity index (χ2v) is 8.94. The van der Waals surface area contributed by atoms with Crippen LogP contribution in [0, 0.1) is 0 Å². The maximum absolute atomic E-state index is 5.88. The van der Waals surface area contributed by atoms with Gasteiger partial charge in [0.2, 0.25) is 6.79 Å². The van der Waals surface area contributed by atoms with Crippen molar-refractivity contribution in [1.82, 2.24) is 0 Å². The van der Waals surface area contributed by atoms with Gasteiger partial charge in [-0.15, -0.1) is 0 Å². The molecule has 6 rings (SSSR count). The molecular weight excluding hydrogens is 428 g/mol. The van der Waals surface area contributed by atoms with Crippen LogP contribution in [0.2, 0.25) is 0 Å². The Labute approximate surface area is 205 Å². The Hall–Kier alpha value is -4.30. The van der Waals surface area contributed by atoms with E-state index in [-0.39, 0.29) is 6.79 Å². The molecule has 0 saturated carbocycles. The summed E-state index contributed by atoms with van der Waals surface area (Å²) < 4.78 is 11.7. The fourth-order valence-electron chi connectivity index (χ4n) is 4.62. The second kappa shape index (κ2) is 9.52. The highest BCUT2D eigenvalue weighted by Crippen LogP contribution is 2.25. The molecule has 170 valence electrons. The molecule has 0 N–H and O–H groups in total. The lowest BCUT2D eigenvalue weighted by atomic mass is 9.99. The van der Waals surface area contributed by atoms with Crippen LogP contribution in [0.3, 0.4) is 0 Å². The van der Waals surface area contributed by atoms with Crippen molar-refractivity contribution in [3.8, 4) is 11.5 Å². The fourth-order valence-corrected chi connectivity index (χ4v) is 4.62. The zero-order chi connectivity index (χ0) is 23.5. The number of hydrogen-bond donors (Lipinski definition) is 0. The molecule has 0 aliphatic carbocycles. The van der Waals surface area contributed by atoms with Crippen molar-refractivity contribution in [3.63, 3.8) is 0 Å². The Bertz CT molecular complexity index is 1630. The van der Waals surface area contributed by atoms with Crippen LogP contribution in [-0.4, -0.2) is 6.79 Å². The molecule has 0 spiro atoms. The van der Waals surface area contributed by atoms with Gasteiger partial charge in [0.05, 0.1) is 0 Å². The lowest BCUT2D eigenvalue weighted by molar-refractivity contribution is 0.120. The molecule has 35 heavy (non-hydrogen) atoms. The first kappa shape index (κ1) is 21.2. The summed E-state index contributed by atoms with van der Waals surface area (Å²) in [5.41, 5.74) is 2.72.